The van der Waals surface area contributed by atoms with Gasteiger partial charge in [0, 0.05) is 18.2 Å². The van der Waals surface area contributed by atoms with Gasteiger partial charge in [-0.05, 0) is 18.9 Å². The monoisotopic (exact) mass is 374 g/mol. The third-order valence-corrected chi connectivity index (χ3v) is 5.68. The van der Waals surface area contributed by atoms with Gasteiger partial charge in [-0.2, -0.15) is 0 Å². The molecule has 2 aromatic rings. The summed E-state index contributed by atoms with van der Waals surface area (Å²) in [5, 5.41) is 12.8. The standard InChI is InChI=1S/C18H22N4O3S/c23-16(9-13-8-14(6-7-19-13)25-15-10-24-11-15)20-18-22-21-17(26-18)12-4-2-1-3-5-12/h6-8,12,15H,1-5,9-11H2,(H,20,22,23). The summed E-state index contributed by atoms with van der Waals surface area (Å²) in [5.74, 6) is 1.07. The van der Waals surface area contributed by atoms with Gasteiger partial charge in [-0.1, -0.05) is 30.6 Å². The Balaban J connectivity index is 1.32. The van der Waals surface area contributed by atoms with Gasteiger partial charge >= 0.3 is 0 Å². The smallest absolute Gasteiger partial charge is 0.232 e. The first-order valence-corrected chi connectivity index (χ1v) is 9.90. The molecule has 0 unspecified atom stereocenters. The molecular formula is C18H22N4O3S. The second kappa shape index (κ2) is 8.09. The molecule has 0 radical (unpaired) electrons. The van der Waals surface area contributed by atoms with Crippen LogP contribution in [0.5, 0.6) is 5.75 Å². The zero-order valence-electron chi connectivity index (χ0n) is 14.5. The highest BCUT2D eigenvalue weighted by atomic mass is 32.1. The number of nitrogens with zero attached hydrogens (tertiary/aromatic N) is 3. The maximum atomic E-state index is 12.3. The summed E-state index contributed by atoms with van der Waals surface area (Å²) in [4.78, 5) is 16.5. The molecule has 138 valence electrons. The summed E-state index contributed by atoms with van der Waals surface area (Å²) in [7, 11) is 0. The number of amides is 1. The third kappa shape index (κ3) is 4.37. The van der Waals surface area contributed by atoms with Gasteiger partial charge in [0.1, 0.15) is 16.9 Å². The normalized spacial score (nSPS) is 18.3. The minimum atomic E-state index is -0.145. The molecule has 1 saturated heterocycles. The van der Waals surface area contributed by atoms with Crippen molar-refractivity contribution in [1.29, 1.82) is 0 Å². The van der Waals surface area contributed by atoms with E-state index in [1.165, 1.54) is 43.4 Å². The van der Waals surface area contributed by atoms with Crippen molar-refractivity contribution in [1.82, 2.24) is 15.2 Å². The van der Waals surface area contributed by atoms with E-state index in [2.05, 4.69) is 20.5 Å². The van der Waals surface area contributed by atoms with E-state index in [0.29, 0.717) is 35.7 Å². The van der Waals surface area contributed by atoms with Crippen molar-refractivity contribution in [3.8, 4) is 5.75 Å². The number of hydrogen-bond acceptors (Lipinski definition) is 7. The molecule has 1 amide bonds. The minimum Gasteiger partial charge on any atom is -0.485 e. The molecule has 4 rings (SSSR count). The number of pyridine rings is 1. The summed E-state index contributed by atoms with van der Waals surface area (Å²) >= 11 is 1.49. The fraction of sp³-hybridized carbons (Fsp3) is 0.556. The molecule has 0 atom stereocenters. The van der Waals surface area contributed by atoms with Crippen LogP contribution in [0, 0.1) is 0 Å². The van der Waals surface area contributed by atoms with Gasteiger partial charge in [0.15, 0.2) is 0 Å². The molecule has 8 heteroatoms. The first-order chi connectivity index (χ1) is 12.8. The fourth-order valence-electron chi connectivity index (χ4n) is 3.23. The summed E-state index contributed by atoms with van der Waals surface area (Å²) in [5.41, 5.74) is 0.664. The van der Waals surface area contributed by atoms with E-state index in [9.17, 15) is 4.79 Å². The Morgan fingerprint density at radius 2 is 2.12 bits per heavy atom. The van der Waals surface area contributed by atoms with Crippen molar-refractivity contribution in [3.05, 3.63) is 29.0 Å². The quantitative estimate of drug-likeness (QED) is 0.837. The van der Waals surface area contributed by atoms with Crippen LogP contribution in [-0.2, 0) is 16.0 Å². The van der Waals surface area contributed by atoms with E-state index in [-0.39, 0.29) is 18.4 Å². The molecule has 7 nitrogen and oxygen atoms in total. The van der Waals surface area contributed by atoms with Crippen molar-refractivity contribution < 1.29 is 14.3 Å². The van der Waals surface area contributed by atoms with Crippen molar-refractivity contribution in [3.63, 3.8) is 0 Å². The Kier molecular flexibility index (Phi) is 5.40. The van der Waals surface area contributed by atoms with Gasteiger partial charge < -0.3 is 14.8 Å². The number of ether oxygens (including phenoxy) is 2. The van der Waals surface area contributed by atoms with Gasteiger partial charge in [0.2, 0.25) is 11.0 Å². The second-order valence-electron chi connectivity index (χ2n) is 6.77. The molecule has 1 N–H and O–H groups in total. The Morgan fingerprint density at radius 1 is 1.27 bits per heavy atom. The molecule has 0 aromatic carbocycles. The lowest BCUT2D eigenvalue weighted by Gasteiger charge is -2.26. The number of carbonyl (C=O) groups excluding carboxylic acids is 1. The van der Waals surface area contributed by atoms with Gasteiger partial charge in [-0.25, -0.2) is 0 Å². The van der Waals surface area contributed by atoms with Gasteiger partial charge in [0.05, 0.1) is 25.3 Å². The predicted octanol–water partition coefficient (Wildman–Crippen LogP) is 2.94. The highest BCUT2D eigenvalue weighted by Gasteiger charge is 2.21. The maximum absolute atomic E-state index is 12.3. The van der Waals surface area contributed by atoms with Crippen molar-refractivity contribution in [2.75, 3.05) is 18.5 Å². The van der Waals surface area contributed by atoms with Crippen LogP contribution < -0.4 is 10.1 Å². The van der Waals surface area contributed by atoms with E-state index in [4.69, 9.17) is 9.47 Å². The minimum absolute atomic E-state index is 0.0960. The molecule has 0 spiro atoms. The van der Waals surface area contributed by atoms with E-state index < -0.39 is 0 Å². The molecule has 2 aliphatic rings. The van der Waals surface area contributed by atoms with Crippen molar-refractivity contribution in [2.45, 2.75) is 50.5 Å². The van der Waals surface area contributed by atoms with Crippen LogP contribution in [-0.4, -0.2) is 40.4 Å². The molecule has 1 saturated carbocycles. The average molecular weight is 374 g/mol. The fourth-order valence-corrected chi connectivity index (χ4v) is 4.16. The Hall–Kier alpha value is -2.06. The second-order valence-corrected chi connectivity index (χ2v) is 7.77. The lowest BCUT2D eigenvalue weighted by molar-refractivity contribution is -0.115. The summed E-state index contributed by atoms with van der Waals surface area (Å²) < 4.78 is 10.8. The number of anilines is 1. The largest absolute Gasteiger partial charge is 0.485 e. The third-order valence-electron chi connectivity index (χ3n) is 4.68. The molecule has 2 aromatic heterocycles. The van der Waals surface area contributed by atoms with Crippen molar-refractivity contribution >= 4 is 22.4 Å². The molecule has 3 heterocycles. The number of aromatic nitrogens is 3. The number of carbonyl (C=O) groups is 1. The van der Waals surface area contributed by atoms with Gasteiger partial charge in [0.25, 0.3) is 0 Å². The Bertz CT molecular complexity index is 756. The summed E-state index contributed by atoms with van der Waals surface area (Å²) in [6, 6.07) is 3.59. The van der Waals surface area contributed by atoms with E-state index in [1.54, 1.807) is 18.3 Å². The van der Waals surface area contributed by atoms with E-state index in [1.807, 2.05) is 0 Å². The molecule has 1 aliphatic heterocycles. The highest BCUT2D eigenvalue weighted by Crippen LogP contribution is 2.35. The highest BCUT2D eigenvalue weighted by molar-refractivity contribution is 7.15. The topological polar surface area (TPSA) is 86.2 Å². The van der Waals surface area contributed by atoms with E-state index in [0.717, 1.165) is 5.01 Å². The SMILES string of the molecule is O=C(Cc1cc(OC2COC2)ccn1)Nc1nnc(C2CCCCC2)s1. The first kappa shape index (κ1) is 17.4. The van der Waals surface area contributed by atoms with Crippen LogP contribution in [0.3, 0.4) is 0 Å². The molecule has 26 heavy (non-hydrogen) atoms. The van der Waals surface area contributed by atoms with Crippen LogP contribution in [0.15, 0.2) is 18.3 Å². The molecule has 1 aliphatic carbocycles. The first-order valence-electron chi connectivity index (χ1n) is 9.09. The zero-order valence-corrected chi connectivity index (χ0v) is 15.3. The van der Waals surface area contributed by atoms with Crippen LogP contribution in [0.1, 0.15) is 48.7 Å². The van der Waals surface area contributed by atoms with Crippen LogP contribution in [0.4, 0.5) is 5.13 Å². The Labute approximate surface area is 156 Å². The average Bonchev–Trinajstić information content (AvgIpc) is 3.08. The van der Waals surface area contributed by atoms with Crippen LogP contribution in [0.25, 0.3) is 0 Å². The number of hydrogen-bond donors (Lipinski definition) is 1. The Morgan fingerprint density at radius 3 is 2.88 bits per heavy atom. The maximum Gasteiger partial charge on any atom is 0.232 e. The van der Waals surface area contributed by atoms with Crippen molar-refractivity contribution in [2.24, 2.45) is 0 Å². The predicted molar refractivity (Wildman–Crippen MR) is 97.5 cm³/mol. The summed E-state index contributed by atoms with van der Waals surface area (Å²) in [6.07, 6.45) is 8.09. The number of rotatable bonds is 6. The zero-order chi connectivity index (χ0) is 17.8. The van der Waals surface area contributed by atoms with Gasteiger partial charge in [-0.3, -0.25) is 9.78 Å². The lowest BCUT2D eigenvalue weighted by Crippen LogP contribution is -2.38. The van der Waals surface area contributed by atoms with Gasteiger partial charge in [-0.15, -0.1) is 10.2 Å². The van der Waals surface area contributed by atoms with E-state index >= 15 is 0 Å². The molecule has 0 bridgehead atoms. The molecule has 2 fully saturated rings. The lowest BCUT2D eigenvalue weighted by atomic mass is 9.90. The van der Waals surface area contributed by atoms with Crippen LogP contribution >= 0.6 is 11.3 Å². The molecular weight excluding hydrogens is 352 g/mol. The number of nitrogens with one attached hydrogen (secondary N) is 1. The van der Waals surface area contributed by atoms with Crippen LogP contribution in [0.2, 0.25) is 0 Å². The summed E-state index contributed by atoms with van der Waals surface area (Å²) in [6.45, 7) is 1.22.